The monoisotopic (exact) mass is 126 g/mol. The summed E-state index contributed by atoms with van der Waals surface area (Å²) < 4.78 is 12.5. The molecule has 0 fully saturated rings. The van der Waals surface area contributed by atoms with Crippen LogP contribution in [0.1, 0.15) is 19.8 Å². The Morgan fingerprint density at radius 1 is 1.67 bits per heavy atom. The fraction of sp³-hybridized carbons (Fsp3) is 0.500. The van der Waals surface area contributed by atoms with Crippen molar-refractivity contribution >= 4 is 0 Å². The minimum Gasteiger partial charge on any atom is -0.207 e. The van der Waals surface area contributed by atoms with Crippen LogP contribution in [0.3, 0.4) is 0 Å². The van der Waals surface area contributed by atoms with Gasteiger partial charge in [-0.25, -0.2) is 4.39 Å². The predicted octanol–water partition coefficient (Wildman–Crippen LogP) is 2.83. The molecule has 0 heterocycles. The fourth-order valence-corrected chi connectivity index (χ4v) is 0.966. The SMILES string of the molecule is CC1C=C(F)C=CCC1. The second kappa shape index (κ2) is 2.81. The fourth-order valence-electron chi connectivity index (χ4n) is 0.966. The largest absolute Gasteiger partial charge is 0.207 e. The van der Waals surface area contributed by atoms with E-state index in [9.17, 15) is 4.39 Å². The smallest absolute Gasteiger partial charge is 0.119 e. The Kier molecular flexibility index (Phi) is 2.04. The first kappa shape index (κ1) is 6.53. The molecule has 0 radical (unpaired) electrons. The summed E-state index contributed by atoms with van der Waals surface area (Å²) in [6.07, 6.45) is 7.18. The van der Waals surface area contributed by atoms with Crippen LogP contribution in [0.15, 0.2) is 24.1 Å². The lowest BCUT2D eigenvalue weighted by Crippen LogP contribution is -1.85. The summed E-state index contributed by atoms with van der Waals surface area (Å²) >= 11 is 0. The molecule has 50 valence electrons. The van der Waals surface area contributed by atoms with Crippen molar-refractivity contribution in [2.45, 2.75) is 19.8 Å². The van der Waals surface area contributed by atoms with Crippen LogP contribution in [0.2, 0.25) is 0 Å². The highest BCUT2D eigenvalue weighted by atomic mass is 19.1. The van der Waals surface area contributed by atoms with Gasteiger partial charge in [-0.1, -0.05) is 13.0 Å². The highest BCUT2D eigenvalue weighted by Crippen LogP contribution is 2.16. The molecular formula is C8H11F. The van der Waals surface area contributed by atoms with Gasteiger partial charge in [0.05, 0.1) is 0 Å². The highest BCUT2D eigenvalue weighted by Gasteiger charge is 2.01. The number of allylic oxidation sites excluding steroid dienone is 4. The van der Waals surface area contributed by atoms with Gasteiger partial charge in [0, 0.05) is 0 Å². The van der Waals surface area contributed by atoms with Crippen LogP contribution in [0.25, 0.3) is 0 Å². The zero-order valence-corrected chi connectivity index (χ0v) is 5.60. The third-order valence-electron chi connectivity index (χ3n) is 1.51. The van der Waals surface area contributed by atoms with Crippen molar-refractivity contribution in [1.82, 2.24) is 0 Å². The van der Waals surface area contributed by atoms with E-state index in [0.29, 0.717) is 5.92 Å². The van der Waals surface area contributed by atoms with E-state index in [2.05, 4.69) is 0 Å². The van der Waals surface area contributed by atoms with Crippen LogP contribution in [0.4, 0.5) is 4.39 Å². The van der Waals surface area contributed by atoms with Gasteiger partial charge in [-0.3, -0.25) is 0 Å². The minimum absolute atomic E-state index is 0.0833. The first-order valence-electron chi connectivity index (χ1n) is 3.33. The van der Waals surface area contributed by atoms with E-state index in [-0.39, 0.29) is 5.83 Å². The normalized spacial score (nSPS) is 27.3. The van der Waals surface area contributed by atoms with Gasteiger partial charge < -0.3 is 0 Å². The zero-order chi connectivity index (χ0) is 6.69. The summed E-state index contributed by atoms with van der Waals surface area (Å²) in [6.45, 7) is 2.03. The van der Waals surface area contributed by atoms with Gasteiger partial charge in [0.2, 0.25) is 0 Å². The minimum atomic E-state index is -0.0833. The van der Waals surface area contributed by atoms with Crippen molar-refractivity contribution in [3.8, 4) is 0 Å². The Morgan fingerprint density at radius 3 is 3.22 bits per heavy atom. The summed E-state index contributed by atoms with van der Waals surface area (Å²) in [5, 5.41) is 0. The van der Waals surface area contributed by atoms with E-state index in [1.165, 1.54) is 0 Å². The van der Waals surface area contributed by atoms with Gasteiger partial charge in [-0.2, -0.15) is 0 Å². The standard InChI is InChI=1S/C8H11F/c1-7-4-2-3-5-8(9)6-7/h3,5-7H,2,4H2,1H3. The second-order valence-corrected chi connectivity index (χ2v) is 2.51. The molecule has 0 aromatic carbocycles. The molecule has 0 spiro atoms. The molecule has 0 aliphatic heterocycles. The molecule has 1 rings (SSSR count). The Bertz CT molecular complexity index is 145. The van der Waals surface area contributed by atoms with E-state index in [0.717, 1.165) is 12.8 Å². The van der Waals surface area contributed by atoms with Crippen LogP contribution in [0, 0.1) is 5.92 Å². The van der Waals surface area contributed by atoms with Gasteiger partial charge in [0.15, 0.2) is 0 Å². The third kappa shape index (κ3) is 2.00. The zero-order valence-electron chi connectivity index (χ0n) is 5.60. The van der Waals surface area contributed by atoms with Crippen LogP contribution in [0.5, 0.6) is 0 Å². The van der Waals surface area contributed by atoms with Crippen molar-refractivity contribution < 1.29 is 4.39 Å². The molecule has 1 aliphatic rings. The van der Waals surface area contributed by atoms with Crippen molar-refractivity contribution in [3.05, 3.63) is 24.1 Å². The molecule has 1 unspecified atom stereocenters. The summed E-state index contributed by atoms with van der Waals surface area (Å²) in [7, 11) is 0. The average Bonchev–Trinajstić information content (AvgIpc) is 1.93. The van der Waals surface area contributed by atoms with E-state index in [1.54, 1.807) is 12.2 Å². The Hall–Kier alpha value is -0.590. The second-order valence-electron chi connectivity index (χ2n) is 2.51. The molecule has 9 heavy (non-hydrogen) atoms. The molecule has 1 atom stereocenters. The third-order valence-corrected chi connectivity index (χ3v) is 1.51. The van der Waals surface area contributed by atoms with E-state index in [1.807, 2.05) is 13.0 Å². The number of hydrogen-bond donors (Lipinski definition) is 0. The average molecular weight is 126 g/mol. The van der Waals surface area contributed by atoms with Gasteiger partial charge >= 0.3 is 0 Å². The lowest BCUT2D eigenvalue weighted by Gasteiger charge is -1.98. The van der Waals surface area contributed by atoms with E-state index < -0.39 is 0 Å². The van der Waals surface area contributed by atoms with Gasteiger partial charge in [0.25, 0.3) is 0 Å². The molecule has 0 N–H and O–H groups in total. The van der Waals surface area contributed by atoms with Crippen molar-refractivity contribution in [3.63, 3.8) is 0 Å². The number of rotatable bonds is 0. The van der Waals surface area contributed by atoms with Crippen molar-refractivity contribution in [1.29, 1.82) is 0 Å². The summed E-state index contributed by atoms with van der Waals surface area (Å²) in [5.74, 6) is 0.319. The first-order valence-corrected chi connectivity index (χ1v) is 3.33. The molecule has 0 nitrogen and oxygen atoms in total. The maximum absolute atomic E-state index is 12.5. The maximum Gasteiger partial charge on any atom is 0.119 e. The molecule has 1 heteroatoms. The number of halogens is 1. The summed E-state index contributed by atoms with van der Waals surface area (Å²) in [6, 6.07) is 0. The Balaban J connectivity index is 2.62. The maximum atomic E-state index is 12.5. The molecule has 0 aromatic rings. The molecule has 1 aliphatic carbocycles. The van der Waals surface area contributed by atoms with Crippen molar-refractivity contribution in [2.75, 3.05) is 0 Å². The Morgan fingerprint density at radius 2 is 2.44 bits per heavy atom. The predicted molar refractivity (Wildman–Crippen MR) is 36.7 cm³/mol. The topological polar surface area (TPSA) is 0 Å². The van der Waals surface area contributed by atoms with E-state index >= 15 is 0 Å². The van der Waals surface area contributed by atoms with Crippen LogP contribution < -0.4 is 0 Å². The quantitative estimate of drug-likeness (QED) is 0.468. The first-order chi connectivity index (χ1) is 4.29. The molecule has 0 saturated carbocycles. The Labute approximate surface area is 55.1 Å². The van der Waals surface area contributed by atoms with Gasteiger partial charge in [0.1, 0.15) is 5.83 Å². The highest BCUT2D eigenvalue weighted by molar-refractivity contribution is 5.14. The molecule has 0 aromatic heterocycles. The van der Waals surface area contributed by atoms with Crippen molar-refractivity contribution in [2.24, 2.45) is 5.92 Å². The molecule has 0 bridgehead atoms. The summed E-state index contributed by atoms with van der Waals surface area (Å²) in [5.41, 5.74) is 0. The van der Waals surface area contributed by atoms with Gasteiger partial charge in [-0.15, -0.1) is 0 Å². The van der Waals surface area contributed by atoms with E-state index in [4.69, 9.17) is 0 Å². The number of hydrogen-bond acceptors (Lipinski definition) is 0. The van der Waals surface area contributed by atoms with Crippen LogP contribution in [-0.4, -0.2) is 0 Å². The van der Waals surface area contributed by atoms with Crippen LogP contribution >= 0.6 is 0 Å². The lowest BCUT2D eigenvalue weighted by atomic mass is 10.1. The lowest BCUT2D eigenvalue weighted by molar-refractivity contribution is 0.618. The van der Waals surface area contributed by atoms with Gasteiger partial charge in [-0.05, 0) is 30.9 Å². The molecule has 0 saturated heterocycles. The summed E-state index contributed by atoms with van der Waals surface area (Å²) in [4.78, 5) is 0. The molecular weight excluding hydrogens is 115 g/mol. The molecule has 0 amide bonds. The van der Waals surface area contributed by atoms with Crippen LogP contribution in [-0.2, 0) is 0 Å².